The maximum absolute atomic E-state index is 9.01. The van der Waals surface area contributed by atoms with E-state index < -0.39 is 0 Å². The van der Waals surface area contributed by atoms with Gasteiger partial charge in [0.2, 0.25) is 0 Å². The summed E-state index contributed by atoms with van der Waals surface area (Å²) < 4.78 is 0. The molecule has 0 aliphatic rings. The van der Waals surface area contributed by atoms with Gasteiger partial charge in [0.25, 0.3) is 0 Å². The molecule has 2 nitrogen and oxygen atoms in total. The largest absolute Gasteiger partial charge is 0.311 e. The third kappa shape index (κ3) is 4.05. The Labute approximate surface area is 192 Å². The number of benzene rings is 4. The first-order valence-corrected chi connectivity index (χ1v) is 11.2. The van der Waals surface area contributed by atoms with Crippen LogP contribution in [0.5, 0.6) is 0 Å². The number of para-hydroxylation sites is 2. The van der Waals surface area contributed by atoms with E-state index >= 15 is 0 Å². The molecule has 5 rings (SSSR count). The van der Waals surface area contributed by atoms with Crippen molar-refractivity contribution in [2.24, 2.45) is 0 Å². The molecule has 0 aliphatic carbocycles. The van der Waals surface area contributed by atoms with Gasteiger partial charge in [-0.05, 0) is 71.8 Å². The summed E-state index contributed by atoms with van der Waals surface area (Å²) in [6, 6.07) is 43.8. The molecule has 0 N–H and O–H groups in total. The lowest BCUT2D eigenvalue weighted by molar-refractivity contribution is 1.28. The first-order chi connectivity index (χ1) is 15.8. The summed E-state index contributed by atoms with van der Waals surface area (Å²) in [5, 5.41) is 9.01. The second-order valence-corrected chi connectivity index (χ2v) is 8.49. The minimum Gasteiger partial charge on any atom is -0.311 e. The lowest BCUT2D eigenvalue weighted by atomic mass is 10.1. The number of anilines is 3. The maximum Gasteiger partial charge on any atom is 0.0991 e. The zero-order valence-electron chi connectivity index (χ0n) is 17.3. The maximum atomic E-state index is 9.01. The van der Waals surface area contributed by atoms with Gasteiger partial charge in [0, 0.05) is 26.8 Å². The molecular formula is C29H20N2S. The summed E-state index contributed by atoms with van der Waals surface area (Å²) in [5.41, 5.74) is 6.39. The Morgan fingerprint density at radius 1 is 0.500 bits per heavy atom. The predicted molar refractivity (Wildman–Crippen MR) is 135 cm³/mol. The van der Waals surface area contributed by atoms with Crippen molar-refractivity contribution in [3.63, 3.8) is 0 Å². The Bertz CT molecular complexity index is 1310. The van der Waals surface area contributed by atoms with Gasteiger partial charge in [-0.2, -0.15) is 5.26 Å². The minimum atomic E-state index is 0.683. The van der Waals surface area contributed by atoms with Gasteiger partial charge < -0.3 is 4.90 Å². The van der Waals surface area contributed by atoms with Gasteiger partial charge >= 0.3 is 0 Å². The molecule has 0 saturated carbocycles. The summed E-state index contributed by atoms with van der Waals surface area (Å²) in [7, 11) is 0. The van der Waals surface area contributed by atoms with Crippen molar-refractivity contribution in [3.8, 4) is 27.0 Å². The first-order valence-electron chi connectivity index (χ1n) is 10.4. The van der Waals surface area contributed by atoms with E-state index in [1.165, 1.54) is 15.3 Å². The molecule has 0 unspecified atom stereocenters. The number of nitriles is 1. The molecule has 0 atom stereocenters. The molecule has 32 heavy (non-hydrogen) atoms. The molecular weight excluding hydrogens is 408 g/mol. The van der Waals surface area contributed by atoms with Crippen LogP contribution in [0.15, 0.2) is 121 Å². The van der Waals surface area contributed by atoms with Crippen LogP contribution < -0.4 is 4.90 Å². The van der Waals surface area contributed by atoms with Gasteiger partial charge in [0.1, 0.15) is 0 Å². The van der Waals surface area contributed by atoms with E-state index in [2.05, 4.69) is 95.9 Å². The standard InChI is InChI=1S/C29H20N2S/c30-21-22-11-13-23(14-12-22)28-19-20-29(32-28)24-15-17-27(18-16-24)31(25-7-3-1-4-8-25)26-9-5-2-6-10-26/h1-20H. The van der Waals surface area contributed by atoms with Crippen molar-refractivity contribution in [1.82, 2.24) is 0 Å². The summed E-state index contributed by atoms with van der Waals surface area (Å²) in [5.74, 6) is 0. The lowest BCUT2D eigenvalue weighted by Gasteiger charge is -2.25. The second kappa shape index (κ2) is 8.93. The van der Waals surface area contributed by atoms with Crippen molar-refractivity contribution in [3.05, 3.63) is 127 Å². The van der Waals surface area contributed by atoms with Crippen molar-refractivity contribution in [2.45, 2.75) is 0 Å². The summed E-state index contributed by atoms with van der Waals surface area (Å²) >= 11 is 1.76. The molecule has 0 saturated heterocycles. The first kappa shape index (κ1) is 19.8. The van der Waals surface area contributed by atoms with Gasteiger partial charge in [-0.25, -0.2) is 0 Å². The molecule has 0 spiro atoms. The number of thiophene rings is 1. The number of rotatable bonds is 5. The fraction of sp³-hybridized carbons (Fsp3) is 0. The lowest BCUT2D eigenvalue weighted by Crippen LogP contribution is -2.09. The Hall–Kier alpha value is -4.13. The molecule has 0 aliphatic heterocycles. The smallest absolute Gasteiger partial charge is 0.0991 e. The van der Waals surface area contributed by atoms with E-state index in [0.717, 1.165) is 22.6 Å². The average molecular weight is 429 g/mol. The zero-order chi connectivity index (χ0) is 21.8. The molecule has 5 aromatic rings. The van der Waals surface area contributed by atoms with Gasteiger partial charge in [-0.15, -0.1) is 11.3 Å². The third-order valence-electron chi connectivity index (χ3n) is 5.34. The molecule has 1 aromatic heterocycles. The van der Waals surface area contributed by atoms with E-state index in [4.69, 9.17) is 5.26 Å². The summed E-state index contributed by atoms with van der Waals surface area (Å²) in [6.07, 6.45) is 0. The Morgan fingerprint density at radius 2 is 0.938 bits per heavy atom. The van der Waals surface area contributed by atoms with Crippen molar-refractivity contribution in [1.29, 1.82) is 5.26 Å². The Morgan fingerprint density at radius 3 is 1.41 bits per heavy atom. The van der Waals surface area contributed by atoms with E-state index in [9.17, 15) is 0 Å². The SMILES string of the molecule is N#Cc1ccc(-c2ccc(-c3ccc(N(c4ccccc4)c4ccccc4)cc3)s2)cc1. The van der Waals surface area contributed by atoms with Gasteiger partial charge in [0.05, 0.1) is 11.6 Å². The number of nitrogens with zero attached hydrogens (tertiary/aromatic N) is 2. The monoisotopic (exact) mass is 428 g/mol. The topological polar surface area (TPSA) is 27.0 Å². The fourth-order valence-electron chi connectivity index (χ4n) is 3.73. The van der Waals surface area contributed by atoms with Crippen LogP contribution in [0.4, 0.5) is 17.1 Å². The van der Waals surface area contributed by atoms with Gasteiger partial charge in [0.15, 0.2) is 0 Å². The van der Waals surface area contributed by atoms with E-state index in [0.29, 0.717) is 5.56 Å². The highest BCUT2D eigenvalue weighted by molar-refractivity contribution is 7.18. The van der Waals surface area contributed by atoms with Crippen LogP contribution >= 0.6 is 11.3 Å². The van der Waals surface area contributed by atoms with Crippen LogP contribution in [-0.2, 0) is 0 Å². The van der Waals surface area contributed by atoms with Crippen LogP contribution in [0.25, 0.3) is 20.9 Å². The zero-order valence-corrected chi connectivity index (χ0v) is 18.2. The molecule has 3 heteroatoms. The number of hydrogen-bond donors (Lipinski definition) is 0. The molecule has 0 amide bonds. The van der Waals surface area contributed by atoms with Crippen molar-refractivity contribution >= 4 is 28.4 Å². The van der Waals surface area contributed by atoms with E-state index in [1.807, 2.05) is 36.4 Å². The molecule has 0 radical (unpaired) electrons. The molecule has 1 heterocycles. The molecule has 0 bridgehead atoms. The third-order valence-corrected chi connectivity index (χ3v) is 6.53. The summed E-state index contributed by atoms with van der Waals surface area (Å²) in [4.78, 5) is 4.69. The quantitative estimate of drug-likeness (QED) is 0.281. The van der Waals surface area contributed by atoms with Gasteiger partial charge in [-0.1, -0.05) is 60.7 Å². The highest BCUT2D eigenvalue weighted by atomic mass is 32.1. The van der Waals surface area contributed by atoms with E-state index in [1.54, 1.807) is 11.3 Å². The van der Waals surface area contributed by atoms with Crippen molar-refractivity contribution in [2.75, 3.05) is 4.90 Å². The fourth-order valence-corrected chi connectivity index (χ4v) is 4.75. The Kier molecular flexibility index (Phi) is 5.53. The Balaban J connectivity index is 1.45. The number of hydrogen-bond acceptors (Lipinski definition) is 3. The summed E-state index contributed by atoms with van der Waals surface area (Å²) in [6.45, 7) is 0. The van der Waals surface area contributed by atoms with Crippen LogP contribution in [-0.4, -0.2) is 0 Å². The normalized spacial score (nSPS) is 10.5. The molecule has 152 valence electrons. The minimum absolute atomic E-state index is 0.683. The highest BCUT2D eigenvalue weighted by Crippen LogP contribution is 2.38. The van der Waals surface area contributed by atoms with E-state index in [-0.39, 0.29) is 0 Å². The van der Waals surface area contributed by atoms with Crippen LogP contribution in [0, 0.1) is 11.3 Å². The van der Waals surface area contributed by atoms with Gasteiger partial charge in [-0.3, -0.25) is 0 Å². The predicted octanol–water partition coefficient (Wildman–Crippen LogP) is 8.42. The highest BCUT2D eigenvalue weighted by Gasteiger charge is 2.12. The average Bonchev–Trinajstić information content (AvgIpc) is 3.36. The van der Waals surface area contributed by atoms with Crippen LogP contribution in [0.1, 0.15) is 5.56 Å². The van der Waals surface area contributed by atoms with Crippen LogP contribution in [0.2, 0.25) is 0 Å². The molecule has 4 aromatic carbocycles. The second-order valence-electron chi connectivity index (χ2n) is 7.41. The molecule has 0 fully saturated rings. The van der Waals surface area contributed by atoms with Crippen molar-refractivity contribution < 1.29 is 0 Å². The van der Waals surface area contributed by atoms with Crippen LogP contribution in [0.3, 0.4) is 0 Å².